The molecule has 6 nitrogen and oxygen atoms in total. The summed E-state index contributed by atoms with van der Waals surface area (Å²) in [5.41, 5.74) is 3.86. The molecular weight excluding hydrogens is 376 g/mol. The first-order valence-corrected chi connectivity index (χ1v) is 10.3. The Bertz CT molecular complexity index is 1160. The number of carbonyl (C=O) groups excluding carboxylic acids is 1. The zero-order chi connectivity index (χ0) is 20.3. The van der Waals surface area contributed by atoms with Crippen LogP contribution in [0.15, 0.2) is 73.1 Å². The van der Waals surface area contributed by atoms with Crippen molar-refractivity contribution in [1.82, 2.24) is 14.3 Å². The number of ether oxygens (including phenoxy) is 1. The largest absolute Gasteiger partial charge is 0.376 e. The Hall–Kier alpha value is -3.38. The molecule has 1 amide bonds. The van der Waals surface area contributed by atoms with Crippen LogP contribution in [0, 0.1) is 0 Å². The van der Waals surface area contributed by atoms with Crippen molar-refractivity contribution >= 4 is 22.5 Å². The lowest BCUT2D eigenvalue weighted by atomic mass is 10.1. The molecule has 4 aromatic rings. The predicted molar refractivity (Wildman–Crippen MR) is 117 cm³/mol. The number of nitrogens with one attached hydrogen (secondary N) is 1. The highest BCUT2D eigenvalue weighted by atomic mass is 16.5. The van der Waals surface area contributed by atoms with Crippen molar-refractivity contribution in [2.45, 2.75) is 32.0 Å². The average molecular weight is 400 g/mol. The number of rotatable bonds is 6. The Morgan fingerprint density at radius 2 is 1.97 bits per heavy atom. The van der Waals surface area contributed by atoms with Gasteiger partial charge in [-0.1, -0.05) is 48.5 Å². The SMILES string of the molecule is O=C(Cn1c(-c2ccccc2)cc2ccccc21)Nc1cnn(CC2CCCO2)c1. The second kappa shape index (κ2) is 8.16. The summed E-state index contributed by atoms with van der Waals surface area (Å²) in [5.74, 6) is -0.0785. The molecule has 1 aliphatic heterocycles. The number of aromatic nitrogens is 3. The number of nitrogens with zero attached hydrogens (tertiary/aromatic N) is 3. The molecule has 0 bridgehead atoms. The van der Waals surface area contributed by atoms with Crippen LogP contribution in [-0.4, -0.2) is 33.0 Å². The van der Waals surface area contributed by atoms with Crippen molar-refractivity contribution in [2.75, 3.05) is 11.9 Å². The van der Waals surface area contributed by atoms with Gasteiger partial charge in [0.25, 0.3) is 0 Å². The van der Waals surface area contributed by atoms with E-state index in [4.69, 9.17) is 4.74 Å². The summed E-state index contributed by atoms with van der Waals surface area (Å²) >= 11 is 0. The highest BCUT2D eigenvalue weighted by Gasteiger charge is 2.17. The van der Waals surface area contributed by atoms with Gasteiger partial charge in [0.1, 0.15) is 6.54 Å². The van der Waals surface area contributed by atoms with Crippen LogP contribution in [0.25, 0.3) is 22.2 Å². The first kappa shape index (κ1) is 18.6. The van der Waals surface area contributed by atoms with E-state index in [2.05, 4.69) is 45.3 Å². The van der Waals surface area contributed by atoms with Crippen molar-refractivity contribution in [1.29, 1.82) is 0 Å². The summed E-state index contributed by atoms with van der Waals surface area (Å²) < 4.78 is 9.57. The molecule has 1 N–H and O–H groups in total. The first-order valence-electron chi connectivity index (χ1n) is 10.3. The summed E-state index contributed by atoms with van der Waals surface area (Å²) in [7, 11) is 0. The van der Waals surface area contributed by atoms with Crippen LogP contribution in [0.4, 0.5) is 5.69 Å². The molecule has 30 heavy (non-hydrogen) atoms. The normalized spacial score (nSPS) is 16.2. The Morgan fingerprint density at radius 3 is 2.80 bits per heavy atom. The molecule has 1 aliphatic rings. The van der Waals surface area contributed by atoms with Gasteiger partial charge in [0.05, 0.1) is 24.5 Å². The summed E-state index contributed by atoms with van der Waals surface area (Å²) in [6.07, 6.45) is 5.94. The number of hydrogen-bond acceptors (Lipinski definition) is 3. The number of hydrogen-bond donors (Lipinski definition) is 1. The van der Waals surface area contributed by atoms with E-state index in [0.717, 1.165) is 48.2 Å². The third-order valence-corrected chi connectivity index (χ3v) is 5.51. The van der Waals surface area contributed by atoms with Crippen molar-refractivity contribution in [3.8, 4) is 11.3 Å². The van der Waals surface area contributed by atoms with E-state index in [0.29, 0.717) is 5.69 Å². The zero-order valence-corrected chi connectivity index (χ0v) is 16.7. The topological polar surface area (TPSA) is 61.1 Å². The lowest BCUT2D eigenvalue weighted by Crippen LogP contribution is -2.19. The van der Waals surface area contributed by atoms with Gasteiger partial charge in [-0.15, -0.1) is 0 Å². The Kier molecular flexibility index (Phi) is 5.07. The summed E-state index contributed by atoms with van der Waals surface area (Å²) in [5, 5.41) is 8.46. The molecule has 1 atom stereocenters. The van der Waals surface area contributed by atoms with Gasteiger partial charge in [-0.25, -0.2) is 0 Å². The lowest BCUT2D eigenvalue weighted by Gasteiger charge is -2.11. The number of anilines is 1. The molecule has 0 spiro atoms. The second-order valence-electron chi connectivity index (χ2n) is 7.67. The van der Waals surface area contributed by atoms with E-state index in [-0.39, 0.29) is 18.6 Å². The minimum Gasteiger partial charge on any atom is -0.376 e. The molecule has 5 rings (SSSR count). The molecule has 1 fully saturated rings. The van der Waals surface area contributed by atoms with Crippen molar-refractivity contribution in [3.63, 3.8) is 0 Å². The number of carbonyl (C=O) groups is 1. The smallest absolute Gasteiger partial charge is 0.244 e. The van der Waals surface area contributed by atoms with E-state index in [1.54, 1.807) is 6.20 Å². The Labute approximate surface area is 175 Å². The minimum absolute atomic E-state index is 0.0785. The van der Waals surface area contributed by atoms with Gasteiger partial charge in [0.15, 0.2) is 0 Å². The fourth-order valence-electron chi connectivity index (χ4n) is 4.10. The third kappa shape index (κ3) is 3.86. The van der Waals surface area contributed by atoms with Crippen LogP contribution in [0.3, 0.4) is 0 Å². The molecule has 152 valence electrons. The van der Waals surface area contributed by atoms with Crippen LogP contribution in [0.5, 0.6) is 0 Å². The summed E-state index contributed by atoms with van der Waals surface area (Å²) in [6, 6.07) is 20.4. The summed E-state index contributed by atoms with van der Waals surface area (Å²) in [4.78, 5) is 12.9. The van der Waals surface area contributed by atoms with Crippen LogP contribution < -0.4 is 5.32 Å². The minimum atomic E-state index is -0.0785. The van der Waals surface area contributed by atoms with Gasteiger partial charge in [-0.2, -0.15) is 5.10 Å². The van der Waals surface area contributed by atoms with Crippen molar-refractivity contribution in [2.24, 2.45) is 0 Å². The van der Waals surface area contributed by atoms with Crippen LogP contribution in [-0.2, 0) is 22.6 Å². The molecular formula is C24H24N4O2. The fourth-order valence-corrected chi connectivity index (χ4v) is 4.10. The van der Waals surface area contributed by atoms with Gasteiger partial charge in [-0.05, 0) is 30.5 Å². The maximum Gasteiger partial charge on any atom is 0.244 e. The van der Waals surface area contributed by atoms with Crippen LogP contribution in [0.1, 0.15) is 12.8 Å². The van der Waals surface area contributed by atoms with Crippen LogP contribution in [0.2, 0.25) is 0 Å². The third-order valence-electron chi connectivity index (χ3n) is 5.51. The maximum atomic E-state index is 12.9. The molecule has 3 heterocycles. The van der Waals surface area contributed by atoms with Gasteiger partial charge in [0.2, 0.25) is 5.91 Å². The highest BCUT2D eigenvalue weighted by Crippen LogP contribution is 2.28. The number of fused-ring (bicyclic) bond motifs is 1. The number of benzene rings is 2. The number of amides is 1. The number of para-hydroxylation sites is 1. The maximum absolute atomic E-state index is 12.9. The first-order chi connectivity index (χ1) is 14.8. The fraction of sp³-hybridized carbons (Fsp3) is 0.250. The molecule has 2 aromatic heterocycles. The molecule has 6 heteroatoms. The van der Waals surface area contributed by atoms with E-state index in [1.807, 2.05) is 41.2 Å². The second-order valence-corrected chi connectivity index (χ2v) is 7.67. The van der Waals surface area contributed by atoms with Crippen molar-refractivity contribution in [3.05, 3.63) is 73.1 Å². The van der Waals surface area contributed by atoms with Gasteiger partial charge >= 0.3 is 0 Å². The lowest BCUT2D eigenvalue weighted by molar-refractivity contribution is -0.116. The Morgan fingerprint density at radius 1 is 1.13 bits per heavy atom. The van der Waals surface area contributed by atoms with E-state index >= 15 is 0 Å². The average Bonchev–Trinajstić information content (AvgIpc) is 3.51. The standard InChI is InChI=1S/C24H24N4O2/c29-24(26-20-14-25-27(15-20)16-21-10-6-12-30-21)17-28-22-11-5-4-9-19(22)13-23(28)18-7-2-1-3-8-18/h1-5,7-9,11,13-15,21H,6,10,12,16-17H2,(H,26,29). The molecule has 1 unspecified atom stereocenters. The molecule has 0 radical (unpaired) electrons. The van der Waals surface area contributed by atoms with E-state index in [1.165, 1.54) is 0 Å². The molecule has 1 saturated heterocycles. The zero-order valence-electron chi connectivity index (χ0n) is 16.7. The molecule has 2 aromatic carbocycles. The van der Waals surface area contributed by atoms with Crippen LogP contribution >= 0.6 is 0 Å². The predicted octanol–water partition coefficient (Wildman–Crippen LogP) is 4.32. The highest BCUT2D eigenvalue weighted by molar-refractivity contribution is 5.94. The monoisotopic (exact) mass is 400 g/mol. The van der Waals surface area contributed by atoms with E-state index < -0.39 is 0 Å². The Balaban J connectivity index is 1.35. The van der Waals surface area contributed by atoms with Gasteiger partial charge in [0, 0.05) is 29.4 Å². The molecule has 0 saturated carbocycles. The quantitative estimate of drug-likeness (QED) is 0.524. The molecule has 0 aliphatic carbocycles. The van der Waals surface area contributed by atoms with E-state index in [9.17, 15) is 4.79 Å². The van der Waals surface area contributed by atoms with Crippen molar-refractivity contribution < 1.29 is 9.53 Å². The summed E-state index contributed by atoms with van der Waals surface area (Å²) in [6.45, 7) is 1.77. The van der Waals surface area contributed by atoms with Gasteiger partial charge < -0.3 is 14.6 Å². The van der Waals surface area contributed by atoms with Gasteiger partial charge in [-0.3, -0.25) is 9.48 Å².